The van der Waals surface area contributed by atoms with E-state index in [4.69, 9.17) is 5.73 Å². The minimum atomic E-state index is -0.740. The maximum atomic E-state index is 14.0. The third-order valence-electron chi connectivity index (χ3n) is 5.72. The molecule has 35 heavy (non-hydrogen) atoms. The molecule has 1 aliphatic rings. The zero-order valence-corrected chi connectivity index (χ0v) is 19.1. The van der Waals surface area contributed by atoms with Gasteiger partial charge >= 0.3 is 0 Å². The largest absolute Gasteiger partial charge is 0.380 e. The molecular weight excluding hydrogens is 456 g/mol. The molecule has 3 heterocycles. The number of carbonyl (C=O) groups is 2. The van der Waals surface area contributed by atoms with Gasteiger partial charge in [-0.05, 0) is 31.3 Å². The summed E-state index contributed by atoms with van der Waals surface area (Å²) in [6, 6.07) is 8.58. The first-order chi connectivity index (χ1) is 16.8. The molecule has 182 valence electrons. The second-order valence-corrected chi connectivity index (χ2v) is 8.16. The molecule has 0 aliphatic carbocycles. The minimum Gasteiger partial charge on any atom is -0.380 e. The normalized spacial score (nSPS) is 14.5. The maximum Gasteiger partial charge on any atom is 0.252 e. The Bertz CT molecular complexity index is 1220. The van der Waals surface area contributed by atoms with Gasteiger partial charge < -0.3 is 26.2 Å². The summed E-state index contributed by atoms with van der Waals surface area (Å²) in [5.74, 6) is -1.31. The molecule has 0 spiro atoms. The number of halogens is 2. The van der Waals surface area contributed by atoms with Crippen LogP contribution in [-0.2, 0) is 11.3 Å². The molecule has 1 saturated heterocycles. The number of hydrogen-bond acceptors (Lipinski definition) is 7. The van der Waals surface area contributed by atoms with Crippen molar-refractivity contribution in [1.82, 2.24) is 14.9 Å². The molecule has 4 N–H and O–H groups in total. The number of nitrogens with two attached hydrogens (primary N) is 1. The summed E-state index contributed by atoms with van der Waals surface area (Å²) in [4.78, 5) is 36.6. The highest BCUT2D eigenvalue weighted by molar-refractivity contribution is 5.98. The molecule has 1 aromatic carbocycles. The fourth-order valence-corrected chi connectivity index (χ4v) is 3.70. The van der Waals surface area contributed by atoms with Crippen molar-refractivity contribution in [2.45, 2.75) is 13.0 Å². The quantitative estimate of drug-likeness (QED) is 0.475. The number of nitrogens with zero attached hydrogens (tertiary/aromatic N) is 4. The van der Waals surface area contributed by atoms with Crippen LogP contribution in [0.2, 0.25) is 0 Å². The number of anilines is 4. The number of nitrogens with one attached hydrogen (secondary N) is 2. The summed E-state index contributed by atoms with van der Waals surface area (Å²) in [5, 5.41) is 5.87. The molecule has 0 radical (unpaired) electrons. The fourth-order valence-electron chi connectivity index (χ4n) is 3.70. The Morgan fingerprint density at radius 2 is 1.80 bits per heavy atom. The topological polar surface area (TPSA) is 116 Å². The van der Waals surface area contributed by atoms with Gasteiger partial charge in [0.05, 0.1) is 23.1 Å². The van der Waals surface area contributed by atoms with Crippen LogP contribution in [0.4, 0.5) is 31.8 Å². The predicted molar refractivity (Wildman–Crippen MR) is 128 cm³/mol. The predicted octanol–water partition coefficient (Wildman–Crippen LogP) is 2.88. The summed E-state index contributed by atoms with van der Waals surface area (Å²) >= 11 is 0. The number of primary amides is 1. The van der Waals surface area contributed by atoms with Crippen LogP contribution >= 0.6 is 0 Å². The Hall–Kier alpha value is -4.12. The number of carbonyl (C=O) groups excluding carboxylic acids is 2. The molecule has 2 amide bonds. The number of likely N-dealkylation sites (N-methyl/N-ethyl adjacent to an activating group) is 1. The first kappa shape index (κ1) is 24.0. The number of benzene rings is 1. The molecule has 0 unspecified atom stereocenters. The van der Waals surface area contributed by atoms with Gasteiger partial charge in [-0.25, -0.2) is 18.7 Å². The highest BCUT2D eigenvalue weighted by Crippen LogP contribution is 2.24. The second-order valence-electron chi connectivity index (χ2n) is 8.16. The van der Waals surface area contributed by atoms with Crippen LogP contribution in [0.5, 0.6) is 0 Å². The molecule has 0 bridgehead atoms. The van der Waals surface area contributed by atoms with E-state index < -0.39 is 17.5 Å². The summed E-state index contributed by atoms with van der Waals surface area (Å²) in [7, 11) is 1.98. The Balaban J connectivity index is 1.50. The number of amides is 2. The van der Waals surface area contributed by atoms with Gasteiger partial charge in [-0.1, -0.05) is 6.07 Å². The van der Waals surface area contributed by atoms with E-state index in [2.05, 4.69) is 25.5 Å². The van der Waals surface area contributed by atoms with E-state index in [9.17, 15) is 18.4 Å². The molecule has 11 heteroatoms. The number of aromatic nitrogens is 2. The average Bonchev–Trinajstić information content (AvgIpc) is 3.00. The molecule has 1 aliphatic heterocycles. The van der Waals surface area contributed by atoms with E-state index in [1.54, 1.807) is 23.2 Å². The fraction of sp³-hybridized carbons (Fsp3) is 0.250. The Kier molecular flexibility index (Phi) is 7.16. The Morgan fingerprint density at radius 3 is 2.49 bits per heavy atom. The van der Waals surface area contributed by atoms with Crippen LogP contribution in [-0.4, -0.2) is 53.4 Å². The summed E-state index contributed by atoms with van der Waals surface area (Å²) in [6.07, 6.45) is 3.31. The highest BCUT2D eigenvalue weighted by Gasteiger charge is 2.21. The van der Waals surface area contributed by atoms with Crippen LogP contribution in [0, 0.1) is 11.6 Å². The molecule has 9 nitrogen and oxygen atoms in total. The first-order valence-corrected chi connectivity index (χ1v) is 11.0. The van der Waals surface area contributed by atoms with E-state index in [1.807, 2.05) is 7.05 Å². The second kappa shape index (κ2) is 10.4. The van der Waals surface area contributed by atoms with Crippen LogP contribution in [0.25, 0.3) is 0 Å². The van der Waals surface area contributed by atoms with Crippen molar-refractivity contribution in [3.8, 4) is 0 Å². The Labute approximate surface area is 201 Å². The lowest BCUT2D eigenvalue weighted by atomic mass is 10.1. The van der Waals surface area contributed by atoms with E-state index in [0.29, 0.717) is 30.3 Å². The zero-order chi connectivity index (χ0) is 24.9. The van der Waals surface area contributed by atoms with Gasteiger partial charge in [0.25, 0.3) is 5.91 Å². The third-order valence-corrected chi connectivity index (χ3v) is 5.72. The van der Waals surface area contributed by atoms with Gasteiger partial charge in [-0.15, -0.1) is 0 Å². The van der Waals surface area contributed by atoms with Crippen molar-refractivity contribution >= 4 is 34.8 Å². The van der Waals surface area contributed by atoms with Gasteiger partial charge in [0, 0.05) is 50.4 Å². The van der Waals surface area contributed by atoms with Crippen molar-refractivity contribution in [2.24, 2.45) is 5.73 Å². The number of hydrogen-bond donors (Lipinski definition) is 3. The van der Waals surface area contributed by atoms with Crippen molar-refractivity contribution in [2.75, 3.05) is 42.2 Å². The molecule has 4 rings (SSSR count). The van der Waals surface area contributed by atoms with Crippen molar-refractivity contribution in [3.05, 3.63) is 71.6 Å². The molecule has 1 fully saturated rings. The molecule has 3 aromatic rings. The zero-order valence-electron chi connectivity index (χ0n) is 19.1. The lowest BCUT2D eigenvalue weighted by Gasteiger charge is -2.20. The standard InChI is InChI=1S/C24H25F2N7O2/c1-32-8-7-23(34)33(10-9-32)15-5-6-21(29-12-15)31-22-11-20(17(14-30-22)24(27)35)28-13-16-18(25)3-2-4-19(16)26/h2-6,11-12,14H,7-10,13H2,1H3,(H2,27,35)(H2,28,29,30,31). The molecule has 0 saturated carbocycles. The summed E-state index contributed by atoms with van der Waals surface area (Å²) in [5.41, 5.74) is 6.29. The number of rotatable bonds is 7. The van der Waals surface area contributed by atoms with E-state index in [0.717, 1.165) is 25.2 Å². The van der Waals surface area contributed by atoms with E-state index in [-0.39, 0.29) is 29.3 Å². The van der Waals surface area contributed by atoms with E-state index >= 15 is 0 Å². The average molecular weight is 482 g/mol. The van der Waals surface area contributed by atoms with Gasteiger partial charge in [-0.3, -0.25) is 9.59 Å². The van der Waals surface area contributed by atoms with Gasteiger partial charge in [0.2, 0.25) is 5.91 Å². The summed E-state index contributed by atoms with van der Waals surface area (Å²) < 4.78 is 28.0. The van der Waals surface area contributed by atoms with Crippen molar-refractivity contribution in [1.29, 1.82) is 0 Å². The summed E-state index contributed by atoms with van der Waals surface area (Å²) in [6.45, 7) is 1.87. The van der Waals surface area contributed by atoms with Crippen LogP contribution in [0.3, 0.4) is 0 Å². The van der Waals surface area contributed by atoms with Crippen LogP contribution in [0.15, 0.2) is 48.8 Å². The lowest BCUT2D eigenvalue weighted by Crippen LogP contribution is -2.32. The molecule has 0 atom stereocenters. The Morgan fingerprint density at radius 1 is 1.06 bits per heavy atom. The SMILES string of the molecule is CN1CCC(=O)N(c2ccc(Nc3cc(NCc4c(F)cccc4F)c(C(N)=O)cn3)nc2)CC1. The van der Waals surface area contributed by atoms with Gasteiger partial charge in [0.1, 0.15) is 23.3 Å². The van der Waals surface area contributed by atoms with Crippen molar-refractivity contribution < 1.29 is 18.4 Å². The van der Waals surface area contributed by atoms with Gasteiger partial charge in [0.15, 0.2) is 0 Å². The molecular formula is C24H25F2N7O2. The van der Waals surface area contributed by atoms with Crippen LogP contribution < -0.4 is 21.3 Å². The third kappa shape index (κ3) is 5.69. The minimum absolute atomic E-state index is 0.0440. The first-order valence-electron chi connectivity index (χ1n) is 11.0. The van der Waals surface area contributed by atoms with Crippen molar-refractivity contribution in [3.63, 3.8) is 0 Å². The monoisotopic (exact) mass is 481 g/mol. The smallest absolute Gasteiger partial charge is 0.252 e. The lowest BCUT2D eigenvalue weighted by molar-refractivity contribution is -0.118. The van der Waals surface area contributed by atoms with Crippen LogP contribution in [0.1, 0.15) is 22.3 Å². The highest BCUT2D eigenvalue weighted by atomic mass is 19.1. The maximum absolute atomic E-state index is 14.0. The molecule has 2 aromatic heterocycles. The van der Waals surface area contributed by atoms with Gasteiger partial charge in [-0.2, -0.15) is 0 Å². The van der Waals surface area contributed by atoms with E-state index in [1.165, 1.54) is 18.3 Å². The number of pyridine rings is 2.